The maximum absolute atomic E-state index is 12.6. The molecule has 1 aromatic carbocycles. The summed E-state index contributed by atoms with van der Waals surface area (Å²) in [7, 11) is -3.49. The lowest BCUT2D eigenvalue weighted by molar-refractivity contribution is 0.0789. The number of nitrogens with zero attached hydrogens (tertiary/aromatic N) is 1. The highest BCUT2D eigenvalue weighted by atomic mass is 35.5. The minimum Gasteiger partial charge on any atom is -0.387 e. The molecule has 0 amide bonds. The molecule has 1 aliphatic heterocycles. The van der Waals surface area contributed by atoms with E-state index in [1.54, 1.807) is 12.1 Å². The molecular weight excluding hydrogens is 354 g/mol. The largest absolute Gasteiger partial charge is 0.387 e. The maximum Gasteiger partial charge on any atom is 0.243 e. The van der Waals surface area contributed by atoms with Crippen LogP contribution in [0.3, 0.4) is 0 Å². The number of piperidine rings is 1. The Hall–Kier alpha value is -0.920. The molecule has 124 valence electrons. The number of sulfonamides is 1. The number of hydrogen-bond donors (Lipinski definition) is 1. The molecule has 1 aliphatic rings. The van der Waals surface area contributed by atoms with E-state index in [4.69, 9.17) is 11.6 Å². The van der Waals surface area contributed by atoms with Crippen LogP contribution in [0.15, 0.2) is 46.7 Å². The lowest BCUT2D eigenvalue weighted by Crippen LogP contribution is -2.39. The molecule has 1 fully saturated rings. The van der Waals surface area contributed by atoms with Gasteiger partial charge in [-0.25, -0.2) is 8.42 Å². The maximum atomic E-state index is 12.6. The Balaban J connectivity index is 1.67. The molecule has 7 heteroatoms. The van der Waals surface area contributed by atoms with E-state index >= 15 is 0 Å². The van der Waals surface area contributed by atoms with Gasteiger partial charge >= 0.3 is 0 Å². The number of hydrogen-bond acceptors (Lipinski definition) is 4. The van der Waals surface area contributed by atoms with Crippen molar-refractivity contribution in [3.05, 3.63) is 51.7 Å². The average Bonchev–Trinajstić information content (AvgIpc) is 3.09. The second kappa shape index (κ2) is 6.91. The van der Waals surface area contributed by atoms with Crippen molar-refractivity contribution in [1.29, 1.82) is 0 Å². The Labute approximate surface area is 145 Å². The van der Waals surface area contributed by atoms with Gasteiger partial charge in [0.2, 0.25) is 10.0 Å². The van der Waals surface area contributed by atoms with Crippen LogP contribution in [0.4, 0.5) is 0 Å². The average molecular weight is 372 g/mol. The monoisotopic (exact) mass is 371 g/mol. The lowest BCUT2D eigenvalue weighted by Gasteiger charge is -2.33. The van der Waals surface area contributed by atoms with Crippen molar-refractivity contribution in [3.63, 3.8) is 0 Å². The normalized spacial score (nSPS) is 18.9. The molecule has 2 heterocycles. The summed E-state index contributed by atoms with van der Waals surface area (Å²) in [6.45, 7) is 0.857. The van der Waals surface area contributed by atoms with Gasteiger partial charge < -0.3 is 5.11 Å². The van der Waals surface area contributed by atoms with E-state index in [2.05, 4.69) is 0 Å². The summed E-state index contributed by atoms with van der Waals surface area (Å²) >= 11 is 7.35. The van der Waals surface area contributed by atoms with E-state index in [9.17, 15) is 13.5 Å². The lowest BCUT2D eigenvalue weighted by atomic mass is 9.91. The molecule has 3 rings (SSSR count). The van der Waals surface area contributed by atoms with Gasteiger partial charge in [0, 0.05) is 23.0 Å². The summed E-state index contributed by atoms with van der Waals surface area (Å²) in [5.74, 6) is 0.102. The van der Waals surface area contributed by atoms with Gasteiger partial charge in [0.05, 0.1) is 11.0 Å². The summed E-state index contributed by atoms with van der Waals surface area (Å²) in [4.78, 5) is 1.21. The smallest absolute Gasteiger partial charge is 0.243 e. The van der Waals surface area contributed by atoms with Gasteiger partial charge in [0.25, 0.3) is 0 Å². The van der Waals surface area contributed by atoms with E-state index < -0.39 is 16.1 Å². The first-order valence-electron chi connectivity index (χ1n) is 7.45. The Morgan fingerprint density at radius 1 is 1.17 bits per heavy atom. The molecule has 0 radical (unpaired) electrons. The highest BCUT2D eigenvalue weighted by Gasteiger charge is 2.32. The van der Waals surface area contributed by atoms with Crippen LogP contribution in [0.25, 0.3) is 0 Å². The quantitative estimate of drug-likeness (QED) is 0.894. The van der Waals surface area contributed by atoms with Gasteiger partial charge in [0.1, 0.15) is 0 Å². The molecule has 0 bridgehead atoms. The van der Waals surface area contributed by atoms with Crippen molar-refractivity contribution >= 4 is 33.0 Å². The number of aliphatic hydroxyl groups excluding tert-OH is 1. The van der Waals surface area contributed by atoms with Crippen molar-refractivity contribution < 1.29 is 13.5 Å². The van der Waals surface area contributed by atoms with Gasteiger partial charge in [-0.05, 0) is 54.5 Å². The number of benzene rings is 1. The van der Waals surface area contributed by atoms with E-state index in [0.717, 1.165) is 4.88 Å². The number of rotatable bonds is 4. The van der Waals surface area contributed by atoms with Crippen molar-refractivity contribution in [2.24, 2.45) is 5.92 Å². The zero-order valence-corrected chi connectivity index (χ0v) is 14.8. The van der Waals surface area contributed by atoms with E-state index in [1.807, 2.05) is 17.5 Å². The van der Waals surface area contributed by atoms with Gasteiger partial charge in [0.15, 0.2) is 0 Å². The van der Waals surface area contributed by atoms with Crippen LogP contribution in [0.1, 0.15) is 23.8 Å². The van der Waals surface area contributed by atoms with Crippen LogP contribution < -0.4 is 0 Å². The summed E-state index contributed by atoms with van der Waals surface area (Å²) in [6, 6.07) is 10.1. The molecule has 1 atom stereocenters. The Morgan fingerprint density at radius 2 is 1.83 bits per heavy atom. The van der Waals surface area contributed by atoms with E-state index in [-0.39, 0.29) is 10.8 Å². The van der Waals surface area contributed by atoms with Crippen LogP contribution in [-0.4, -0.2) is 30.9 Å². The third-order valence-corrected chi connectivity index (χ3v) is 7.34. The predicted octanol–water partition coefficient (Wildman–Crippen LogP) is 3.54. The van der Waals surface area contributed by atoms with E-state index in [1.165, 1.54) is 27.8 Å². The fourth-order valence-corrected chi connectivity index (χ4v) is 5.28. The van der Waals surface area contributed by atoms with Gasteiger partial charge in [-0.15, -0.1) is 11.3 Å². The highest BCUT2D eigenvalue weighted by molar-refractivity contribution is 7.89. The summed E-state index contributed by atoms with van der Waals surface area (Å²) < 4.78 is 26.7. The van der Waals surface area contributed by atoms with Crippen molar-refractivity contribution in [2.45, 2.75) is 23.8 Å². The molecule has 1 saturated heterocycles. The number of halogens is 1. The predicted molar refractivity (Wildman–Crippen MR) is 92.2 cm³/mol. The fourth-order valence-electron chi connectivity index (χ4n) is 2.88. The summed E-state index contributed by atoms with van der Waals surface area (Å²) in [5.41, 5.74) is 0. The number of aliphatic hydroxyl groups is 1. The third kappa shape index (κ3) is 3.61. The zero-order chi connectivity index (χ0) is 16.4. The SMILES string of the molecule is O=S(=O)(c1ccc(Cl)cc1)N1CCC(C(O)c2cccs2)CC1. The Morgan fingerprint density at radius 3 is 2.39 bits per heavy atom. The Bertz CT molecular complexity index is 736. The van der Waals surface area contributed by atoms with Gasteiger partial charge in [-0.2, -0.15) is 4.31 Å². The molecule has 2 aromatic rings. The van der Waals surface area contributed by atoms with Crippen LogP contribution in [0.5, 0.6) is 0 Å². The molecule has 0 spiro atoms. The summed E-state index contributed by atoms with van der Waals surface area (Å²) in [6.07, 6.45) is 0.813. The van der Waals surface area contributed by atoms with Crippen LogP contribution in [0.2, 0.25) is 5.02 Å². The number of thiophene rings is 1. The standard InChI is InChI=1S/C16H18ClNO3S2/c17-13-3-5-14(6-4-13)23(20,21)18-9-7-12(8-10-18)16(19)15-2-1-11-22-15/h1-6,11-12,16,19H,7-10H2. The van der Waals surface area contributed by atoms with Crippen LogP contribution in [-0.2, 0) is 10.0 Å². The van der Waals surface area contributed by atoms with Gasteiger partial charge in [-0.1, -0.05) is 17.7 Å². The van der Waals surface area contributed by atoms with Crippen molar-refractivity contribution in [3.8, 4) is 0 Å². The second-order valence-electron chi connectivity index (χ2n) is 5.66. The molecule has 1 aromatic heterocycles. The van der Waals surface area contributed by atoms with Crippen LogP contribution in [0, 0.1) is 5.92 Å². The molecule has 1 unspecified atom stereocenters. The molecule has 0 aliphatic carbocycles. The first kappa shape index (κ1) is 16.9. The molecule has 0 saturated carbocycles. The van der Waals surface area contributed by atoms with E-state index in [0.29, 0.717) is 31.0 Å². The minimum absolute atomic E-state index is 0.102. The topological polar surface area (TPSA) is 57.6 Å². The first-order chi connectivity index (χ1) is 11.0. The fraction of sp³-hybridized carbons (Fsp3) is 0.375. The first-order valence-corrected chi connectivity index (χ1v) is 10.2. The zero-order valence-electron chi connectivity index (χ0n) is 12.4. The van der Waals surface area contributed by atoms with Crippen LogP contribution >= 0.6 is 22.9 Å². The highest BCUT2D eigenvalue weighted by Crippen LogP contribution is 2.34. The molecule has 4 nitrogen and oxygen atoms in total. The molecule has 23 heavy (non-hydrogen) atoms. The van der Waals surface area contributed by atoms with Crippen molar-refractivity contribution in [2.75, 3.05) is 13.1 Å². The molecular formula is C16H18ClNO3S2. The second-order valence-corrected chi connectivity index (χ2v) is 9.01. The van der Waals surface area contributed by atoms with Gasteiger partial charge in [-0.3, -0.25) is 0 Å². The summed E-state index contributed by atoms with van der Waals surface area (Å²) in [5, 5.41) is 12.9. The minimum atomic E-state index is -3.49. The third-order valence-electron chi connectivity index (χ3n) is 4.23. The van der Waals surface area contributed by atoms with Crippen molar-refractivity contribution in [1.82, 2.24) is 4.31 Å². The Kier molecular flexibility index (Phi) is 5.08. The molecule has 1 N–H and O–H groups in total.